The first-order valence-corrected chi connectivity index (χ1v) is 7.58. The Hall–Kier alpha value is -2.37. The van der Waals surface area contributed by atoms with Crippen molar-refractivity contribution in [3.8, 4) is 0 Å². The van der Waals surface area contributed by atoms with Gasteiger partial charge in [-0.25, -0.2) is 4.98 Å². The number of carbonyl (C=O) groups excluding carboxylic acids is 1. The molecule has 0 saturated heterocycles. The summed E-state index contributed by atoms with van der Waals surface area (Å²) in [7, 11) is 2.08. The zero-order chi connectivity index (χ0) is 15.5. The molecule has 1 atom stereocenters. The zero-order valence-corrected chi connectivity index (χ0v) is 13.0. The van der Waals surface area contributed by atoms with Gasteiger partial charge < -0.3 is 9.80 Å². The maximum atomic E-state index is 12.7. The minimum absolute atomic E-state index is 0.130. The molecule has 6 heteroatoms. The first kappa shape index (κ1) is 14.6. The minimum Gasteiger partial charge on any atom is -0.373 e. The maximum Gasteiger partial charge on any atom is 0.228 e. The molecule has 1 aromatic heterocycles. The molecule has 6 nitrogen and oxygen atoms in total. The van der Waals surface area contributed by atoms with Gasteiger partial charge in [0.05, 0.1) is 17.9 Å². The molecular weight excluding hydrogens is 278 g/mol. The lowest BCUT2D eigenvalue weighted by molar-refractivity contribution is -0.119. The van der Waals surface area contributed by atoms with Crippen LogP contribution in [0, 0.1) is 5.92 Å². The van der Waals surface area contributed by atoms with E-state index in [1.165, 1.54) is 6.33 Å². The monoisotopic (exact) mass is 299 g/mol. The summed E-state index contributed by atoms with van der Waals surface area (Å²) in [4.78, 5) is 20.8. The number of nitrogens with zero attached hydrogens (tertiary/aromatic N) is 5. The molecule has 0 radical (unpaired) electrons. The third-order valence-electron chi connectivity index (χ3n) is 3.99. The van der Waals surface area contributed by atoms with Crippen molar-refractivity contribution in [1.29, 1.82) is 0 Å². The Morgan fingerprint density at radius 2 is 2.05 bits per heavy atom. The smallest absolute Gasteiger partial charge is 0.228 e. The van der Waals surface area contributed by atoms with E-state index >= 15 is 0 Å². The van der Waals surface area contributed by atoms with Gasteiger partial charge in [0.15, 0.2) is 0 Å². The number of benzene rings is 1. The predicted molar refractivity (Wildman–Crippen MR) is 85.9 cm³/mol. The van der Waals surface area contributed by atoms with Gasteiger partial charge in [0.1, 0.15) is 12.7 Å². The van der Waals surface area contributed by atoms with Crippen molar-refractivity contribution < 1.29 is 4.79 Å². The van der Waals surface area contributed by atoms with Crippen molar-refractivity contribution >= 4 is 17.3 Å². The molecule has 2 aromatic rings. The molecule has 1 aliphatic rings. The van der Waals surface area contributed by atoms with E-state index < -0.39 is 0 Å². The fraction of sp³-hybridized carbons (Fsp3) is 0.438. The molecule has 2 heterocycles. The second-order valence-electron chi connectivity index (χ2n) is 5.89. The summed E-state index contributed by atoms with van der Waals surface area (Å²) >= 11 is 0. The van der Waals surface area contributed by atoms with Gasteiger partial charge in [-0.3, -0.25) is 9.48 Å². The Bertz CT molecular complexity index is 640. The summed E-state index contributed by atoms with van der Waals surface area (Å²) in [6, 6.07) is 8.10. The molecule has 0 fully saturated rings. The Morgan fingerprint density at radius 3 is 2.77 bits per heavy atom. The molecular formula is C16H21N5O. The molecule has 0 saturated carbocycles. The predicted octanol–water partition coefficient (Wildman–Crippen LogP) is 1.79. The summed E-state index contributed by atoms with van der Waals surface area (Å²) in [6.07, 6.45) is 3.55. The Balaban J connectivity index is 1.81. The highest BCUT2D eigenvalue weighted by Gasteiger charge is 2.26. The summed E-state index contributed by atoms with van der Waals surface area (Å²) in [5.41, 5.74) is 2.11. The number of amides is 1. The molecule has 0 N–H and O–H groups in total. The number of hydrogen-bond acceptors (Lipinski definition) is 4. The van der Waals surface area contributed by atoms with Crippen molar-refractivity contribution in [3.05, 3.63) is 36.9 Å². The number of hydrogen-bond donors (Lipinski definition) is 0. The molecule has 0 unspecified atom stereocenters. The summed E-state index contributed by atoms with van der Waals surface area (Å²) in [5.74, 6) is 0.554. The van der Waals surface area contributed by atoms with Crippen molar-refractivity contribution in [2.45, 2.75) is 19.9 Å². The number of aromatic nitrogens is 3. The van der Waals surface area contributed by atoms with E-state index in [9.17, 15) is 4.79 Å². The van der Waals surface area contributed by atoms with E-state index in [0.29, 0.717) is 18.9 Å². The lowest BCUT2D eigenvalue weighted by Gasteiger charge is -2.24. The Kier molecular flexibility index (Phi) is 4.09. The van der Waals surface area contributed by atoms with Gasteiger partial charge in [-0.2, -0.15) is 5.10 Å². The van der Waals surface area contributed by atoms with Crippen LogP contribution in [0.3, 0.4) is 0 Å². The number of anilines is 2. The first-order valence-electron chi connectivity index (χ1n) is 7.58. The molecule has 22 heavy (non-hydrogen) atoms. The molecule has 1 aliphatic heterocycles. The van der Waals surface area contributed by atoms with Gasteiger partial charge in [-0.1, -0.05) is 19.1 Å². The van der Waals surface area contributed by atoms with Crippen LogP contribution in [0.2, 0.25) is 0 Å². The van der Waals surface area contributed by atoms with E-state index in [2.05, 4.69) is 35.0 Å². The third kappa shape index (κ3) is 2.95. The van der Waals surface area contributed by atoms with Crippen molar-refractivity contribution in [2.24, 2.45) is 5.92 Å². The molecule has 0 aliphatic carbocycles. The van der Waals surface area contributed by atoms with Gasteiger partial charge in [-0.15, -0.1) is 0 Å². The van der Waals surface area contributed by atoms with E-state index in [4.69, 9.17) is 0 Å². The first-order chi connectivity index (χ1) is 10.6. The van der Waals surface area contributed by atoms with Gasteiger partial charge in [0, 0.05) is 26.6 Å². The van der Waals surface area contributed by atoms with E-state index in [0.717, 1.165) is 24.5 Å². The van der Waals surface area contributed by atoms with Crippen LogP contribution in [0.5, 0.6) is 0 Å². The average Bonchev–Trinajstić information content (AvgIpc) is 2.99. The average molecular weight is 299 g/mol. The number of fused-ring (bicyclic) bond motifs is 1. The van der Waals surface area contributed by atoms with E-state index in [1.54, 1.807) is 11.0 Å². The standard InChI is InChI=1S/C16H21N5O/c1-13-9-19(2)14-5-3-4-6-15(14)21(10-13)16(22)7-8-20-12-17-11-18-20/h3-6,11-13H,7-10H2,1-2H3/t13-/m1/s1. The van der Waals surface area contributed by atoms with Crippen molar-refractivity contribution in [3.63, 3.8) is 0 Å². The van der Waals surface area contributed by atoms with Gasteiger partial charge in [0.2, 0.25) is 5.91 Å². The fourth-order valence-corrected chi connectivity index (χ4v) is 2.98. The number of para-hydroxylation sites is 2. The lowest BCUT2D eigenvalue weighted by Crippen LogP contribution is -2.35. The largest absolute Gasteiger partial charge is 0.373 e. The van der Waals surface area contributed by atoms with Crippen LogP contribution in [-0.2, 0) is 11.3 Å². The second-order valence-corrected chi connectivity index (χ2v) is 5.89. The highest BCUT2D eigenvalue weighted by Crippen LogP contribution is 2.32. The van der Waals surface area contributed by atoms with E-state index in [-0.39, 0.29) is 5.91 Å². The van der Waals surface area contributed by atoms with Crippen LogP contribution in [0.15, 0.2) is 36.9 Å². The van der Waals surface area contributed by atoms with Gasteiger partial charge in [-0.05, 0) is 18.1 Å². The summed E-state index contributed by atoms with van der Waals surface area (Å²) in [5, 5.41) is 4.05. The Labute approximate surface area is 130 Å². The molecule has 0 bridgehead atoms. The third-order valence-corrected chi connectivity index (χ3v) is 3.99. The normalized spacial score (nSPS) is 18.0. The Morgan fingerprint density at radius 1 is 1.27 bits per heavy atom. The van der Waals surface area contributed by atoms with Crippen LogP contribution in [-0.4, -0.2) is 40.8 Å². The quantitative estimate of drug-likeness (QED) is 0.867. The fourth-order valence-electron chi connectivity index (χ4n) is 2.98. The molecule has 1 amide bonds. The molecule has 0 spiro atoms. The van der Waals surface area contributed by atoms with Crippen LogP contribution in [0.25, 0.3) is 0 Å². The number of carbonyl (C=O) groups is 1. The number of rotatable bonds is 3. The summed E-state index contributed by atoms with van der Waals surface area (Å²) in [6.45, 7) is 4.43. The van der Waals surface area contributed by atoms with Crippen LogP contribution >= 0.6 is 0 Å². The van der Waals surface area contributed by atoms with Crippen molar-refractivity contribution in [2.75, 3.05) is 29.9 Å². The van der Waals surface area contributed by atoms with Crippen molar-refractivity contribution in [1.82, 2.24) is 14.8 Å². The molecule has 1 aromatic carbocycles. The molecule has 116 valence electrons. The second kappa shape index (κ2) is 6.17. The summed E-state index contributed by atoms with van der Waals surface area (Å²) < 4.78 is 1.69. The van der Waals surface area contributed by atoms with Crippen LogP contribution in [0.1, 0.15) is 13.3 Å². The van der Waals surface area contributed by atoms with E-state index in [1.807, 2.05) is 23.1 Å². The SMILES string of the molecule is C[C@@H]1CN(C)c2ccccc2N(C(=O)CCn2cncn2)C1. The van der Waals surface area contributed by atoms with Crippen LogP contribution in [0.4, 0.5) is 11.4 Å². The minimum atomic E-state index is 0.130. The molecule has 3 rings (SSSR count). The maximum absolute atomic E-state index is 12.7. The topological polar surface area (TPSA) is 54.3 Å². The highest BCUT2D eigenvalue weighted by atomic mass is 16.2. The number of aryl methyl sites for hydroxylation is 1. The van der Waals surface area contributed by atoms with Gasteiger partial charge >= 0.3 is 0 Å². The lowest BCUT2D eigenvalue weighted by atomic mass is 10.1. The van der Waals surface area contributed by atoms with Gasteiger partial charge in [0.25, 0.3) is 0 Å². The highest BCUT2D eigenvalue weighted by molar-refractivity contribution is 5.97. The zero-order valence-electron chi connectivity index (χ0n) is 13.0. The van der Waals surface area contributed by atoms with Crippen LogP contribution < -0.4 is 9.80 Å².